The Labute approximate surface area is 128 Å². The van der Waals surface area contributed by atoms with Gasteiger partial charge in [-0.2, -0.15) is 0 Å². The van der Waals surface area contributed by atoms with Crippen LogP contribution in [0.1, 0.15) is 24.1 Å². The normalized spacial score (nSPS) is 11.0. The Balaban J connectivity index is 1.78. The maximum absolute atomic E-state index is 5.31. The molecule has 5 heteroatoms. The highest BCUT2D eigenvalue weighted by molar-refractivity contribution is 7.14. The number of furan rings is 1. The predicted octanol–water partition coefficient (Wildman–Crippen LogP) is 4.45. The number of aryl methyl sites for hydroxylation is 1. The summed E-state index contributed by atoms with van der Waals surface area (Å²) in [6.45, 7) is 8.12. The molecule has 0 bridgehead atoms. The third-order valence-electron chi connectivity index (χ3n) is 3.66. The minimum atomic E-state index is 0.661. The molecule has 3 rings (SSSR count). The summed E-state index contributed by atoms with van der Waals surface area (Å²) in [4.78, 5) is 4.68. The summed E-state index contributed by atoms with van der Waals surface area (Å²) in [6.07, 6.45) is 1.68. The van der Waals surface area contributed by atoms with Gasteiger partial charge >= 0.3 is 0 Å². The smallest absolute Gasteiger partial charge is 0.183 e. The largest absolute Gasteiger partial charge is 0.467 e. The van der Waals surface area contributed by atoms with E-state index in [1.807, 2.05) is 12.1 Å². The third kappa shape index (κ3) is 2.74. The van der Waals surface area contributed by atoms with Crippen molar-refractivity contribution in [1.29, 1.82) is 0 Å². The number of thiazole rings is 1. The second-order valence-corrected chi connectivity index (χ2v) is 5.86. The molecule has 0 fully saturated rings. The third-order valence-corrected chi connectivity index (χ3v) is 4.46. The number of aromatic nitrogens is 2. The van der Waals surface area contributed by atoms with Gasteiger partial charge in [0, 0.05) is 28.9 Å². The van der Waals surface area contributed by atoms with Gasteiger partial charge in [-0.25, -0.2) is 4.98 Å². The Bertz CT molecular complexity index is 725. The lowest BCUT2D eigenvalue weighted by Gasteiger charge is -2.04. The lowest BCUT2D eigenvalue weighted by Crippen LogP contribution is -1.99. The first-order valence-corrected chi connectivity index (χ1v) is 7.96. The maximum atomic E-state index is 5.31. The zero-order valence-electron chi connectivity index (χ0n) is 12.5. The van der Waals surface area contributed by atoms with E-state index in [1.54, 1.807) is 17.6 Å². The molecule has 4 nitrogen and oxygen atoms in total. The van der Waals surface area contributed by atoms with Crippen LogP contribution in [0.3, 0.4) is 0 Å². The van der Waals surface area contributed by atoms with Gasteiger partial charge in [-0.3, -0.25) is 0 Å². The molecule has 0 unspecified atom stereocenters. The van der Waals surface area contributed by atoms with Crippen LogP contribution in [-0.2, 0) is 13.1 Å². The monoisotopic (exact) mass is 301 g/mol. The Hall–Kier alpha value is -2.01. The van der Waals surface area contributed by atoms with E-state index in [9.17, 15) is 0 Å². The van der Waals surface area contributed by atoms with Crippen LogP contribution in [0.15, 0.2) is 34.3 Å². The summed E-state index contributed by atoms with van der Waals surface area (Å²) in [5.41, 5.74) is 4.81. The summed E-state index contributed by atoms with van der Waals surface area (Å²) < 4.78 is 7.62. The van der Waals surface area contributed by atoms with Crippen LogP contribution >= 0.6 is 11.3 Å². The number of nitrogens with zero attached hydrogens (tertiary/aromatic N) is 2. The molecule has 0 spiro atoms. The Morgan fingerprint density at radius 3 is 2.90 bits per heavy atom. The average molecular weight is 301 g/mol. The van der Waals surface area contributed by atoms with Crippen LogP contribution < -0.4 is 5.32 Å². The van der Waals surface area contributed by atoms with Gasteiger partial charge < -0.3 is 14.3 Å². The highest BCUT2D eigenvalue weighted by atomic mass is 32.1. The van der Waals surface area contributed by atoms with E-state index in [4.69, 9.17) is 4.42 Å². The predicted molar refractivity (Wildman–Crippen MR) is 86.7 cm³/mol. The number of anilines is 1. The molecule has 0 aliphatic carbocycles. The number of hydrogen-bond donors (Lipinski definition) is 1. The highest BCUT2D eigenvalue weighted by Gasteiger charge is 2.12. The van der Waals surface area contributed by atoms with E-state index in [2.05, 4.69) is 47.1 Å². The van der Waals surface area contributed by atoms with Crippen molar-refractivity contribution in [2.24, 2.45) is 0 Å². The minimum absolute atomic E-state index is 0.661. The first-order valence-electron chi connectivity index (χ1n) is 7.08. The molecule has 21 heavy (non-hydrogen) atoms. The van der Waals surface area contributed by atoms with Crippen molar-refractivity contribution in [1.82, 2.24) is 9.55 Å². The van der Waals surface area contributed by atoms with Crippen LogP contribution in [0.25, 0.3) is 11.3 Å². The fourth-order valence-corrected chi connectivity index (χ4v) is 3.31. The first-order chi connectivity index (χ1) is 10.2. The van der Waals surface area contributed by atoms with Gasteiger partial charge in [0.05, 0.1) is 18.5 Å². The van der Waals surface area contributed by atoms with Gasteiger partial charge in [0.2, 0.25) is 0 Å². The quantitative estimate of drug-likeness (QED) is 0.757. The SMILES string of the molecule is CCn1c(C)cc(-c2csc(NCc3ccco3)n2)c1C. The van der Waals surface area contributed by atoms with Gasteiger partial charge in [-0.05, 0) is 39.0 Å². The fourth-order valence-electron chi connectivity index (χ4n) is 2.60. The van der Waals surface area contributed by atoms with Gasteiger partial charge in [0.15, 0.2) is 5.13 Å². The molecular weight excluding hydrogens is 282 g/mol. The Kier molecular flexibility index (Phi) is 3.84. The molecule has 0 aliphatic heterocycles. The van der Waals surface area contributed by atoms with E-state index in [0.29, 0.717) is 6.54 Å². The van der Waals surface area contributed by atoms with Gasteiger partial charge in [0.1, 0.15) is 5.76 Å². The molecular formula is C16H19N3OS. The fraction of sp³-hybridized carbons (Fsp3) is 0.312. The van der Waals surface area contributed by atoms with Gasteiger partial charge in [-0.1, -0.05) is 0 Å². The van der Waals surface area contributed by atoms with Gasteiger partial charge in [0.25, 0.3) is 0 Å². The van der Waals surface area contributed by atoms with Crippen molar-refractivity contribution in [3.8, 4) is 11.3 Å². The zero-order valence-corrected chi connectivity index (χ0v) is 13.3. The zero-order chi connectivity index (χ0) is 14.8. The van der Waals surface area contributed by atoms with E-state index in [1.165, 1.54) is 17.0 Å². The highest BCUT2D eigenvalue weighted by Crippen LogP contribution is 2.30. The lowest BCUT2D eigenvalue weighted by atomic mass is 10.2. The van der Waals surface area contributed by atoms with Crippen LogP contribution in [-0.4, -0.2) is 9.55 Å². The van der Waals surface area contributed by atoms with Crippen LogP contribution in [0.5, 0.6) is 0 Å². The number of hydrogen-bond acceptors (Lipinski definition) is 4. The Morgan fingerprint density at radius 1 is 1.38 bits per heavy atom. The average Bonchev–Trinajstić information content (AvgIpc) is 3.18. The topological polar surface area (TPSA) is 43.0 Å². The summed E-state index contributed by atoms with van der Waals surface area (Å²) in [6, 6.07) is 6.06. The van der Waals surface area contributed by atoms with Crippen molar-refractivity contribution < 1.29 is 4.42 Å². The summed E-state index contributed by atoms with van der Waals surface area (Å²) >= 11 is 1.62. The molecule has 0 saturated carbocycles. The minimum Gasteiger partial charge on any atom is -0.467 e. The van der Waals surface area contributed by atoms with Crippen LogP contribution in [0.2, 0.25) is 0 Å². The van der Waals surface area contributed by atoms with Crippen LogP contribution in [0, 0.1) is 13.8 Å². The standard InChI is InChI=1S/C16H19N3OS/c1-4-19-11(2)8-14(12(19)3)15-10-21-16(18-15)17-9-13-6-5-7-20-13/h5-8,10H,4,9H2,1-3H3,(H,17,18). The second-order valence-electron chi connectivity index (χ2n) is 5.00. The van der Waals surface area contributed by atoms with E-state index in [-0.39, 0.29) is 0 Å². The van der Waals surface area contributed by atoms with E-state index < -0.39 is 0 Å². The molecule has 3 heterocycles. The van der Waals surface area contributed by atoms with Crippen molar-refractivity contribution in [3.63, 3.8) is 0 Å². The lowest BCUT2D eigenvalue weighted by molar-refractivity contribution is 0.518. The number of nitrogens with one attached hydrogen (secondary N) is 1. The molecule has 0 atom stereocenters. The second kappa shape index (κ2) is 5.77. The molecule has 1 N–H and O–H groups in total. The molecule has 0 saturated heterocycles. The van der Waals surface area contributed by atoms with Crippen molar-refractivity contribution >= 4 is 16.5 Å². The van der Waals surface area contributed by atoms with Gasteiger partial charge in [-0.15, -0.1) is 11.3 Å². The first kappa shape index (κ1) is 13.9. The molecule has 0 aliphatic rings. The molecule has 3 aromatic heterocycles. The van der Waals surface area contributed by atoms with E-state index >= 15 is 0 Å². The maximum Gasteiger partial charge on any atom is 0.183 e. The molecule has 110 valence electrons. The summed E-state index contributed by atoms with van der Waals surface area (Å²) in [5.74, 6) is 0.913. The van der Waals surface area contributed by atoms with Crippen molar-refractivity contribution in [2.45, 2.75) is 33.9 Å². The molecule has 0 radical (unpaired) electrons. The van der Waals surface area contributed by atoms with E-state index in [0.717, 1.165) is 23.1 Å². The molecule has 0 aromatic carbocycles. The number of rotatable bonds is 5. The van der Waals surface area contributed by atoms with Crippen molar-refractivity contribution in [2.75, 3.05) is 5.32 Å². The summed E-state index contributed by atoms with van der Waals surface area (Å²) in [5, 5.41) is 6.32. The molecule has 3 aromatic rings. The Morgan fingerprint density at radius 2 is 2.24 bits per heavy atom. The summed E-state index contributed by atoms with van der Waals surface area (Å²) in [7, 11) is 0. The van der Waals surface area contributed by atoms with Crippen LogP contribution in [0.4, 0.5) is 5.13 Å². The molecule has 0 amide bonds. The van der Waals surface area contributed by atoms with Crippen molar-refractivity contribution in [3.05, 3.63) is 47.0 Å².